The van der Waals surface area contributed by atoms with Crippen molar-refractivity contribution < 1.29 is 22.3 Å². The number of halogens is 1. The molecule has 0 atom stereocenters. The van der Waals surface area contributed by atoms with Gasteiger partial charge in [0.05, 0.1) is 19.1 Å². The van der Waals surface area contributed by atoms with Crippen LogP contribution >= 0.6 is 0 Å². The second-order valence-electron chi connectivity index (χ2n) is 3.55. The number of nitrogens with one attached hydrogen (secondary N) is 1. The Balaban J connectivity index is 2.69. The summed E-state index contributed by atoms with van der Waals surface area (Å²) in [4.78, 5) is 14.9. The number of nitrogens with zero attached hydrogens (tertiary/aromatic N) is 1. The van der Waals surface area contributed by atoms with Crippen LogP contribution in [0.3, 0.4) is 0 Å². The molecule has 0 aromatic carbocycles. The number of aromatic nitrogens is 1. The minimum atomic E-state index is -3.46. The van der Waals surface area contributed by atoms with Gasteiger partial charge >= 0.3 is 0 Å². The Morgan fingerprint density at radius 1 is 1.63 bits per heavy atom. The maximum atomic E-state index is 13.3. The first-order chi connectivity index (χ1) is 8.88. The van der Waals surface area contributed by atoms with Crippen molar-refractivity contribution in [2.75, 3.05) is 18.2 Å². The average molecular weight is 288 g/mol. The Bertz CT molecular complexity index is 586. The lowest BCUT2D eigenvalue weighted by Crippen LogP contribution is -2.17. The molecule has 104 valence electrons. The highest BCUT2D eigenvalue weighted by Gasteiger charge is 2.13. The van der Waals surface area contributed by atoms with E-state index in [2.05, 4.69) is 16.9 Å². The number of pyridine rings is 1. The molecule has 0 spiro atoms. The van der Waals surface area contributed by atoms with Crippen molar-refractivity contribution in [2.24, 2.45) is 0 Å². The third-order valence-corrected chi connectivity index (χ3v) is 3.47. The van der Waals surface area contributed by atoms with Gasteiger partial charge in [0.15, 0.2) is 9.84 Å². The lowest BCUT2D eigenvalue weighted by Gasteiger charge is -2.07. The highest BCUT2D eigenvalue weighted by atomic mass is 32.2. The van der Waals surface area contributed by atoms with Gasteiger partial charge in [-0.1, -0.05) is 6.58 Å². The van der Waals surface area contributed by atoms with Crippen molar-refractivity contribution >= 4 is 21.4 Å². The van der Waals surface area contributed by atoms with E-state index in [1.165, 1.54) is 13.2 Å². The number of carbonyl (C=O) groups excluding carboxylic acids is 1. The molecule has 0 bridgehead atoms. The number of methoxy groups -OCH3 is 1. The van der Waals surface area contributed by atoms with Crippen molar-refractivity contribution in [1.29, 1.82) is 0 Å². The lowest BCUT2D eigenvalue weighted by atomic mass is 10.3. The van der Waals surface area contributed by atoms with Gasteiger partial charge in [-0.3, -0.25) is 4.79 Å². The van der Waals surface area contributed by atoms with Crippen LogP contribution in [-0.2, 0) is 14.6 Å². The number of rotatable bonds is 6. The summed E-state index contributed by atoms with van der Waals surface area (Å²) in [6.45, 7) is 3.12. The quantitative estimate of drug-likeness (QED) is 0.793. The summed E-state index contributed by atoms with van der Waals surface area (Å²) >= 11 is 0. The molecular weight excluding hydrogens is 275 g/mol. The topological polar surface area (TPSA) is 85.4 Å². The van der Waals surface area contributed by atoms with Crippen LogP contribution in [0.2, 0.25) is 0 Å². The van der Waals surface area contributed by atoms with Gasteiger partial charge in [0.1, 0.15) is 11.4 Å². The SMILES string of the molecule is C=CS(=O)(=O)CCC(=O)Nc1cc(OC)cnc1F. The van der Waals surface area contributed by atoms with Crippen LogP contribution in [0.1, 0.15) is 6.42 Å². The smallest absolute Gasteiger partial charge is 0.236 e. The average Bonchev–Trinajstić information content (AvgIpc) is 2.39. The summed E-state index contributed by atoms with van der Waals surface area (Å²) in [6, 6.07) is 1.25. The van der Waals surface area contributed by atoms with E-state index in [0.29, 0.717) is 0 Å². The molecule has 8 heteroatoms. The van der Waals surface area contributed by atoms with Crippen molar-refractivity contribution in [3.63, 3.8) is 0 Å². The molecule has 0 aliphatic heterocycles. The number of sulfone groups is 1. The van der Waals surface area contributed by atoms with Crippen LogP contribution in [-0.4, -0.2) is 32.2 Å². The van der Waals surface area contributed by atoms with Crippen molar-refractivity contribution in [1.82, 2.24) is 4.98 Å². The summed E-state index contributed by atoms with van der Waals surface area (Å²) in [6.07, 6.45) is 0.859. The molecule has 1 aromatic rings. The molecule has 1 aromatic heterocycles. The van der Waals surface area contributed by atoms with Gasteiger partial charge in [-0.2, -0.15) is 4.39 Å². The Morgan fingerprint density at radius 2 is 2.32 bits per heavy atom. The van der Waals surface area contributed by atoms with Gasteiger partial charge in [0, 0.05) is 17.9 Å². The maximum Gasteiger partial charge on any atom is 0.236 e. The first-order valence-electron chi connectivity index (χ1n) is 5.22. The molecule has 1 N–H and O–H groups in total. The molecule has 1 heterocycles. The fourth-order valence-electron chi connectivity index (χ4n) is 1.16. The molecule has 0 aliphatic carbocycles. The minimum Gasteiger partial charge on any atom is -0.495 e. The number of hydrogen-bond acceptors (Lipinski definition) is 5. The van der Waals surface area contributed by atoms with Crippen LogP contribution in [0, 0.1) is 5.95 Å². The summed E-state index contributed by atoms with van der Waals surface area (Å²) < 4.78 is 40.4. The van der Waals surface area contributed by atoms with Crippen LogP contribution in [0.15, 0.2) is 24.3 Å². The maximum absolute atomic E-state index is 13.3. The second kappa shape index (κ2) is 6.28. The zero-order valence-electron chi connectivity index (χ0n) is 10.2. The number of anilines is 1. The van der Waals surface area contributed by atoms with E-state index in [4.69, 9.17) is 4.74 Å². The van der Waals surface area contributed by atoms with Crippen molar-refractivity contribution in [3.05, 3.63) is 30.2 Å². The van der Waals surface area contributed by atoms with E-state index in [1.54, 1.807) is 0 Å². The standard InChI is InChI=1S/C11H13FN2O4S/c1-3-19(16,17)5-4-10(15)14-9-6-8(18-2)7-13-11(9)12/h3,6-7H,1,4-5H2,2H3,(H,14,15). The Morgan fingerprint density at radius 3 is 2.89 bits per heavy atom. The van der Waals surface area contributed by atoms with Crippen LogP contribution in [0.25, 0.3) is 0 Å². The number of carbonyl (C=O) groups is 1. The molecule has 0 fully saturated rings. The van der Waals surface area contributed by atoms with E-state index >= 15 is 0 Å². The molecule has 1 rings (SSSR count). The fraction of sp³-hybridized carbons (Fsp3) is 0.273. The Hall–Kier alpha value is -1.96. The van der Waals surface area contributed by atoms with Gasteiger partial charge in [0.2, 0.25) is 11.9 Å². The van der Waals surface area contributed by atoms with Crippen molar-refractivity contribution in [3.8, 4) is 5.75 Å². The monoisotopic (exact) mass is 288 g/mol. The largest absolute Gasteiger partial charge is 0.495 e. The van der Waals surface area contributed by atoms with Gasteiger partial charge in [-0.15, -0.1) is 0 Å². The van der Waals surface area contributed by atoms with Gasteiger partial charge in [-0.25, -0.2) is 13.4 Å². The minimum absolute atomic E-state index is 0.166. The molecule has 6 nitrogen and oxygen atoms in total. The highest BCUT2D eigenvalue weighted by molar-refractivity contribution is 7.94. The van der Waals surface area contributed by atoms with Crippen LogP contribution in [0.5, 0.6) is 5.75 Å². The van der Waals surface area contributed by atoms with Crippen LogP contribution in [0.4, 0.5) is 10.1 Å². The van der Waals surface area contributed by atoms with E-state index in [9.17, 15) is 17.6 Å². The molecule has 0 radical (unpaired) electrons. The molecule has 0 aliphatic rings. The lowest BCUT2D eigenvalue weighted by molar-refractivity contribution is -0.115. The van der Waals surface area contributed by atoms with Crippen molar-refractivity contribution in [2.45, 2.75) is 6.42 Å². The first kappa shape index (κ1) is 15.1. The number of amides is 1. The number of hydrogen-bond donors (Lipinski definition) is 1. The summed E-state index contributed by atoms with van der Waals surface area (Å²) in [5.74, 6) is -1.63. The van der Waals surface area contributed by atoms with Crippen LogP contribution < -0.4 is 10.1 Å². The van der Waals surface area contributed by atoms with Gasteiger partial charge in [0.25, 0.3) is 0 Å². The number of ether oxygens (including phenoxy) is 1. The van der Waals surface area contributed by atoms with Gasteiger partial charge in [-0.05, 0) is 0 Å². The third-order valence-electron chi connectivity index (χ3n) is 2.19. The zero-order valence-corrected chi connectivity index (χ0v) is 11.0. The molecule has 19 heavy (non-hydrogen) atoms. The second-order valence-corrected chi connectivity index (χ2v) is 5.61. The molecular formula is C11H13FN2O4S. The fourth-order valence-corrected chi connectivity index (χ4v) is 1.80. The zero-order chi connectivity index (χ0) is 14.5. The van der Waals surface area contributed by atoms with Gasteiger partial charge < -0.3 is 10.1 Å². The molecule has 0 saturated carbocycles. The first-order valence-corrected chi connectivity index (χ1v) is 6.94. The highest BCUT2D eigenvalue weighted by Crippen LogP contribution is 2.18. The predicted molar refractivity (Wildman–Crippen MR) is 68.0 cm³/mol. The Labute approximate surface area is 110 Å². The third kappa shape index (κ3) is 4.66. The molecule has 0 saturated heterocycles. The molecule has 1 amide bonds. The summed E-state index contributed by atoms with van der Waals surface area (Å²) in [5.41, 5.74) is -0.166. The molecule has 0 unspecified atom stereocenters. The Kier molecular flexibility index (Phi) is 4.99. The summed E-state index contributed by atoms with van der Waals surface area (Å²) in [7, 11) is -2.09. The predicted octanol–water partition coefficient (Wildman–Crippen LogP) is 1.12. The van der Waals surface area contributed by atoms with E-state index < -0.39 is 21.7 Å². The normalized spacial score (nSPS) is 10.8. The van der Waals surface area contributed by atoms with E-state index in [0.717, 1.165) is 11.6 Å². The summed E-state index contributed by atoms with van der Waals surface area (Å²) in [5, 5.41) is 3.00. The van der Waals surface area contributed by atoms with E-state index in [-0.39, 0.29) is 23.6 Å². The van der Waals surface area contributed by atoms with E-state index in [1.807, 2.05) is 0 Å².